The maximum Gasteiger partial charge on any atom is 0.164 e. The van der Waals surface area contributed by atoms with Gasteiger partial charge in [0.1, 0.15) is 29.4 Å². The molecule has 39 heavy (non-hydrogen) atoms. The first-order chi connectivity index (χ1) is 18.8. The van der Waals surface area contributed by atoms with Crippen molar-refractivity contribution in [3.8, 4) is 28.3 Å². The summed E-state index contributed by atoms with van der Waals surface area (Å²) in [6, 6.07) is 17.9. The molecule has 0 saturated heterocycles. The van der Waals surface area contributed by atoms with Gasteiger partial charge in [-0.3, -0.25) is 0 Å². The molecule has 0 fully saturated rings. The van der Waals surface area contributed by atoms with Crippen LogP contribution in [0.2, 0.25) is 0 Å². The SMILES string of the molecule is CC(c1cc2cccnn2c1-c1cccc(CN(C)C)c1)n1nc(-c2cc(O)cc(F)c2)c2c(N)ncnc21. The lowest BCUT2D eigenvalue weighted by Crippen LogP contribution is -2.11. The zero-order chi connectivity index (χ0) is 27.3. The Bertz CT molecular complexity index is 1820. The van der Waals surface area contributed by atoms with Crippen LogP contribution in [0.4, 0.5) is 10.2 Å². The van der Waals surface area contributed by atoms with E-state index in [4.69, 9.17) is 10.8 Å². The molecular formula is C29H27FN8O. The maximum atomic E-state index is 14.2. The highest BCUT2D eigenvalue weighted by Gasteiger charge is 2.25. The van der Waals surface area contributed by atoms with Crippen molar-refractivity contribution in [2.45, 2.75) is 19.5 Å². The number of fused-ring (bicyclic) bond motifs is 2. The number of anilines is 1. The third kappa shape index (κ3) is 4.34. The molecule has 10 heteroatoms. The van der Waals surface area contributed by atoms with Crippen LogP contribution in [0.3, 0.4) is 0 Å². The summed E-state index contributed by atoms with van der Waals surface area (Å²) < 4.78 is 17.9. The quantitative estimate of drug-likeness (QED) is 0.320. The highest BCUT2D eigenvalue weighted by molar-refractivity contribution is 5.98. The van der Waals surface area contributed by atoms with Crippen molar-refractivity contribution in [1.29, 1.82) is 0 Å². The minimum atomic E-state index is -0.583. The monoisotopic (exact) mass is 522 g/mol. The minimum Gasteiger partial charge on any atom is -0.508 e. The van der Waals surface area contributed by atoms with Crippen molar-refractivity contribution >= 4 is 22.4 Å². The molecule has 6 rings (SSSR count). The van der Waals surface area contributed by atoms with Gasteiger partial charge in [-0.15, -0.1) is 0 Å². The van der Waals surface area contributed by atoms with E-state index >= 15 is 0 Å². The van der Waals surface area contributed by atoms with Crippen molar-refractivity contribution < 1.29 is 9.50 Å². The van der Waals surface area contributed by atoms with Gasteiger partial charge in [-0.25, -0.2) is 23.6 Å². The third-order valence-electron chi connectivity index (χ3n) is 6.76. The summed E-state index contributed by atoms with van der Waals surface area (Å²) in [7, 11) is 4.08. The number of hydrogen-bond donors (Lipinski definition) is 2. The second kappa shape index (κ2) is 9.48. The van der Waals surface area contributed by atoms with Crippen LogP contribution in [0.5, 0.6) is 5.75 Å². The second-order valence-electron chi connectivity index (χ2n) is 9.87. The van der Waals surface area contributed by atoms with Gasteiger partial charge in [0.05, 0.1) is 22.6 Å². The molecule has 2 aromatic carbocycles. The molecule has 1 unspecified atom stereocenters. The molecule has 9 nitrogen and oxygen atoms in total. The molecule has 0 amide bonds. The normalized spacial score (nSPS) is 12.5. The van der Waals surface area contributed by atoms with Crippen molar-refractivity contribution in [1.82, 2.24) is 34.3 Å². The van der Waals surface area contributed by atoms with E-state index in [2.05, 4.69) is 50.3 Å². The number of nitrogens with two attached hydrogens (primary N) is 1. The molecule has 6 aromatic rings. The number of benzene rings is 2. The van der Waals surface area contributed by atoms with E-state index in [0.29, 0.717) is 22.3 Å². The summed E-state index contributed by atoms with van der Waals surface area (Å²) in [6.07, 6.45) is 3.15. The smallest absolute Gasteiger partial charge is 0.164 e. The van der Waals surface area contributed by atoms with Gasteiger partial charge >= 0.3 is 0 Å². The molecule has 4 heterocycles. The molecule has 0 aliphatic heterocycles. The number of aromatic hydroxyl groups is 1. The number of rotatable bonds is 6. The molecule has 0 aliphatic carbocycles. The van der Waals surface area contributed by atoms with Crippen LogP contribution >= 0.6 is 0 Å². The van der Waals surface area contributed by atoms with Gasteiger partial charge in [-0.2, -0.15) is 10.2 Å². The van der Waals surface area contributed by atoms with E-state index in [-0.39, 0.29) is 17.6 Å². The molecule has 0 aliphatic rings. The zero-order valence-electron chi connectivity index (χ0n) is 21.7. The van der Waals surface area contributed by atoms with E-state index in [1.54, 1.807) is 10.9 Å². The van der Waals surface area contributed by atoms with Crippen molar-refractivity contribution in [2.24, 2.45) is 0 Å². The number of nitrogens with zero attached hydrogens (tertiary/aromatic N) is 7. The molecular weight excluding hydrogens is 495 g/mol. The summed E-state index contributed by atoms with van der Waals surface area (Å²) in [5.74, 6) is -0.570. The van der Waals surface area contributed by atoms with Crippen LogP contribution in [0.1, 0.15) is 24.1 Å². The van der Waals surface area contributed by atoms with Gasteiger partial charge in [0, 0.05) is 35.5 Å². The number of phenols is 1. The summed E-state index contributed by atoms with van der Waals surface area (Å²) in [4.78, 5) is 10.8. The molecule has 1 atom stereocenters. The van der Waals surface area contributed by atoms with Crippen molar-refractivity contribution in [3.05, 3.63) is 90.1 Å². The Morgan fingerprint density at radius 3 is 2.67 bits per heavy atom. The van der Waals surface area contributed by atoms with Crippen LogP contribution < -0.4 is 5.73 Å². The van der Waals surface area contributed by atoms with Gasteiger partial charge < -0.3 is 15.7 Å². The Morgan fingerprint density at radius 2 is 1.87 bits per heavy atom. The molecule has 4 aromatic heterocycles. The Kier molecular flexibility index (Phi) is 5.96. The lowest BCUT2D eigenvalue weighted by Gasteiger charge is -2.16. The molecule has 0 radical (unpaired) electrons. The molecule has 196 valence electrons. The summed E-state index contributed by atoms with van der Waals surface area (Å²) in [5, 5.41) is 20.1. The van der Waals surface area contributed by atoms with Gasteiger partial charge in [-0.05, 0) is 63.0 Å². The average molecular weight is 523 g/mol. The van der Waals surface area contributed by atoms with Crippen molar-refractivity contribution in [3.63, 3.8) is 0 Å². The summed E-state index contributed by atoms with van der Waals surface area (Å²) in [6.45, 7) is 2.83. The fraction of sp³-hybridized carbons (Fsp3) is 0.172. The third-order valence-corrected chi connectivity index (χ3v) is 6.76. The van der Waals surface area contributed by atoms with Crippen LogP contribution in [0.25, 0.3) is 39.1 Å². The predicted molar refractivity (Wildman–Crippen MR) is 149 cm³/mol. The Hall–Kier alpha value is -4.83. The number of phenolic OH excluding ortho intramolecular Hbond substituents is 1. The molecule has 0 bridgehead atoms. The number of hydrogen-bond acceptors (Lipinski definition) is 7. The Morgan fingerprint density at radius 1 is 1.03 bits per heavy atom. The fourth-order valence-corrected chi connectivity index (χ4v) is 5.13. The first kappa shape index (κ1) is 24.5. The average Bonchev–Trinajstić information content (AvgIpc) is 3.48. The van der Waals surface area contributed by atoms with E-state index < -0.39 is 5.82 Å². The zero-order valence-corrected chi connectivity index (χ0v) is 21.7. The number of halogens is 1. The molecule has 0 spiro atoms. The highest BCUT2D eigenvalue weighted by atomic mass is 19.1. The minimum absolute atomic E-state index is 0.208. The number of nitrogen functional groups attached to an aromatic ring is 1. The van der Waals surface area contributed by atoms with E-state index in [9.17, 15) is 9.50 Å². The lowest BCUT2D eigenvalue weighted by atomic mass is 10.0. The van der Waals surface area contributed by atoms with Crippen molar-refractivity contribution in [2.75, 3.05) is 19.8 Å². The first-order valence-electron chi connectivity index (χ1n) is 12.5. The Labute approximate surface area is 224 Å². The summed E-state index contributed by atoms with van der Waals surface area (Å²) in [5.41, 5.74) is 12.6. The van der Waals surface area contributed by atoms with Crippen LogP contribution in [-0.2, 0) is 6.54 Å². The van der Waals surface area contributed by atoms with E-state index in [1.807, 2.05) is 37.7 Å². The van der Waals surface area contributed by atoms with Gasteiger partial charge in [0.15, 0.2) is 5.65 Å². The van der Waals surface area contributed by atoms with E-state index in [1.165, 1.54) is 24.0 Å². The second-order valence-corrected chi connectivity index (χ2v) is 9.87. The van der Waals surface area contributed by atoms with Crippen LogP contribution in [-0.4, -0.2) is 53.5 Å². The lowest BCUT2D eigenvalue weighted by molar-refractivity contribution is 0.402. The van der Waals surface area contributed by atoms with Gasteiger partial charge in [0.25, 0.3) is 0 Å². The largest absolute Gasteiger partial charge is 0.508 e. The predicted octanol–water partition coefficient (Wildman–Crippen LogP) is 4.91. The van der Waals surface area contributed by atoms with Crippen LogP contribution in [0, 0.1) is 5.82 Å². The summed E-state index contributed by atoms with van der Waals surface area (Å²) >= 11 is 0. The maximum absolute atomic E-state index is 14.2. The van der Waals surface area contributed by atoms with Gasteiger partial charge in [-0.1, -0.05) is 18.2 Å². The fourth-order valence-electron chi connectivity index (χ4n) is 5.13. The topological polar surface area (TPSA) is 110 Å². The molecule has 3 N–H and O–H groups in total. The van der Waals surface area contributed by atoms with E-state index in [0.717, 1.165) is 34.9 Å². The first-order valence-corrected chi connectivity index (χ1v) is 12.5. The number of aromatic nitrogens is 6. The Balaban J connectivity index is 1.57. The molecule has 0 saturated carbocycles. The van der Waals surface area contributed by atoms with Gasteiger partial charge in [0.2, 0.25) is 0 Å². The standard InChI is InChI=1S/C29H27FN8O/c1-17(37-29-25(28(31)32-16-33-29)26(35-37)20-11-21(30)13-23(39)12-20)24-14-22-8-5-9-34-38(22)27(24)19-7-4-6-18(10-19)15-36(2)3/h4-14,16-17,39H,15H2,1-3H3,(H2,31,32,33). The van der Waals surface area contributed by atoms with Crippen LogP contribution in [0.15, 0.2) is 73.2 Å². The highest BCUT2D eigenvalue weighted by Crippen LogP contribution is 2.38.